The van der Waals surface area contributed by atoms with Crippen molar-refractivity contribution < 1.29 is 0 Å². The van der Waals surface area contributed by atoms with Gasteiger partial charge in [0.1, 0.15) is 0 Å². The van der Waals surface area contributed by atoms with Crippen molar-refractivity contribution in [3.63, 3.8) is 0 Å². The minimum atomic E-state index is 0.876. The molecule has 5 nitrogen and oxygen atoms in total. The molecule has 112 valence electrons. The van der Waals surface area contributed by atoms with E-state index in [1.807, 2.05) is 30.1 Å². The van der Waals surface area contributed by atoms with Crippen molar-refractivity contribution >= 4 is 11.4 Å². The van der Waals surface area contributed by atoms with Gasteiger partial charge in [0.25, 0.3) is 0 Å². The first-order valence-electron chi connectivity index (χ1n) is 7.52. The minimum absolute atomic E-state index is 0.876. The van der Waals surface area contributed by atoms with E-state index in [9.17, 15) is 0 Å². The van der Waals surface area contributed by atoms with Crippen LogP contribution in [0, 0.1) is 0 Å². The highest BCUT2D eigenvalue weighted by atomic mass is 15.3. The molecule has 1 aliphatic heterocycles. The Hall–Kier alpha value is -2.01. The topological polar surface area (TPSA) is 50.3 Å². The van der Waals surface area contributed by atoms with Crippen LogP contribution >= 0.6 is 0 Å². The van der Waals surface area contributed by atoms with Crippen molar-refractivity contribution in [2.24, 2.45) is 7.05 Å². The molecule has 1 fully saturated rings. The van der Waals surface area contributed by atoms with Gasteiger partial charge in [-0.1, -0.05) is 12.1 Å². The number of nitrogen functional groups attached to an aromatic ring is 1. The maximum Gasteiger partial charge on any atom is 0.0600 e. The van der Waals surface area contributed by atoms with E-state index >= 15 is 0 Å². The molecule has 0 aliphatic carbocycles. The highest BCUT2D eigenvalue weighted by Gasteiger charge is 2.18. The minimum Gasteiger partial charge on any atom is -0.397 e. The number of nitrogens with two attached hydrogens (primary N) is 1. The zero-order valence-corrected chi connectivity index (χ0v) is 12.6. The summed E-state index contributed by atoms with van der Waals surface area (Å²) in [5.74, 6) is 0. The number of nitrogens with zero attached hydrogens (tertiary/aromatic N) is 4. The largest absolute Gasteiger partial charge is 0.397 e. The highest BCUT2D eigenvalue weighted by molar-refractivity contribution is 5.67. The third-order valence-electron chi connectivity index (χ3n) is 4.12. The van der Waals surface area contributed by atoms with Crippen LogP contribution in [0.3, 0.4) is 0 Å². The Morgan fingerprint density at radius 2 is 1.90 bits per heavy atom. The van der Waals surface area contributed by atoms with Crippen molar-refractivity contribution in [3.8, 4) is 0 Å². The summed E-state index contributed by atoms with van der Waals surface area (Å²) in [4.78, 5) is 4.90. The van der Waals surface area contributed by atoms with Crippen LogP contribution in [0.4, 0.5) is 11.4 Å². The molecule has 0 radical (unpaired) electrons. The van der Waals surface area contributed by atoms with Gasteiger partial charge in [-0.05, 0) is 24.1 Å². The molecule has 2 aromatic rings. The van der Waals surface area contributed by atoms with Gasteiger partial charge in [0, 0.05) is 46.0 Å². The number of rotatable bonds is 4. The van der Waals surface area contributed by atoms with Crippen molar-refractivity contribution in [1.82, 2.24) is 14.7 Å². The Morgan fingerprint density at radius 3 is 2.57 bits per heavy atom. The van der Waals surface area contributed by atoms with E-state index in [2.05, 4.69) is 33.2 Å². The van der Waals surface area contributed by atoms with Crippen LogP contribution in [0.25, 0.3) is 0 Å². The second-order valence-electron chi connectivity index (χ2n) is 5.66. The number of hydrogen-bond donors (Lipinski definition) is 1. The van der Waals surface area contributed by atoms with Gasteiger partial charge in [-0.15, -0.1) is 0 Å². The number of aromatic nitrogens is 2. The monoisotopic (exact) mass is 285 g/mol. The average Bonchev–Trinajstić information content (AvgIpc) is 2.92. The van der Waals surface area contributed by atoms with Gasteiger partial charge >= 0.3 is 0 Å². The quantitative estimate of drug-likeness (QED) is 0.862. The molecule has 0 atom stereocenters. The van der Waals surface area contributed by atoms with Gasteiger partial charge < -0.3 is 10.6 Å². The highest BCUT2D eigenvalue weighted by Crippen LogP contribution is 2.23. The fraction of sp³-hybridized carbons (Fsp3) is 0.438. The van der Waals surface area contributed by atoms with Gasteiger partial charge in [-0.3, -0.25) is 9.58 Å². The van der Waals surface area contributed by atoms with Crippen molar-refractivity contribution in [2.45, 2.75) is 6.42 Å². The van der Waals surface area contributed by atoms with Crippen molar-refractivity contribution in [2.75, 3.05) is 43.4 Å². The van der Waals surface area contributed by atoms with E-state index in [1.54, 1.807) is 0 Å². The van der Waals surface area contributed by atoms with Gasteiger partial charge in [0.2, 0.25) is 0 Å². The normalized spacial score (nSPS) is 16.3. The molecule has 0 amide bonds. The molecule has 0 spiro atoms. The summed E-state index contributed by atoms with van der Waals surface area (Å²) in [6, 6.07) is 8.13. The summed E-state index contributed by atoms with van der Waals surface area (Å²) < 4.78 is 1.87. The first-order chi connectivity index (χ1) is 10.2. The molecule has 1 aromatic heterocycles. The Kier molecular flexibility index (Phi) is 4.10. The number of piperazine rings is 1. The van der Waals surface area contributed by atoms with Crippen LogP contribution in [0.1, 0.15) is 5.56 Å². The Labute approximate surface area is 126 Å². The zero-order valence-electron chi connectivity index (χ0n) is 12.6. The van der Waals surface area contributed by atoms with Crippen LogP contribution in [-0.4, -0.2) is 47.4 Å². The van der Waals surface area contributed by atoms with E-state index in [1.165, 1.54) is 11.3 Å². The van der Waals surface area contributed by atoms with Gasteiger partial charge in [0.05, 0.1) is 17.6 Å². The van der Waals surface area contributed by atoms with Crippen LogP contribution < -0.4 is 10.6 Å². The second-order valence-corrected chi connectivity index (χ2v) is 5.66. The molecule has 21 heavy (non-hydrogen) atoms. The summed E-state index contributed by atoms with van der Waals surface area (Å²) in [6.45, 7) is 5.37. The van der Waals surface area contributed by atoms with E-state index in [-0.39, 0.29) is 0 Å². The SMILES string of the molecule is Cn1cc(CCN2CCN(c3ccccc3N)CC2)cn1. The first kappa shape index (κ1) is 13.9. The summed E-state index contributed by atoms with van der Waals surface area (Å²) in [5, 5.41) is 4.22. The number of benzene rings is 1. The fourth-order valence-electron chi connectivity index (χ4n) is 2.88. The molecular formula is C16H23N5. The van der Waals surface area contributed by atoms with Crippen molar-refractivity contribution in [3.05, 3.63) is 42.2 Å². The molecular weight excluding hydrogens is 262 g/mol. The second kappa shape index (κ2) is 6.18. The third kappa shape index (κ3) is 3.36. The molecule has 1 aliphatic rings. The Morgan fingerprint density at radius 1 is 1.14 bits per heavy atom. The smallest absolute Gasteiger partial charge is 0.0600 e. The van der Waals surface area contributed by atoms with Crippen LogP contribution in [0.15, 0.2) is 36.7 Å². The van der Waals surface area contributed by atoms with Gasteiger partial charge in [-0.25, -0.2) is 0 Å². The molecule has 1 aromatic carbocycles. The Balaban J connectivity index is 1.50. The summed E-state index contributed by atoms with van der Waals surface area (Å²) in [5.41, 5.74) is 9.42. The number of hydrogen-bond acceptors (Lipinski definition) is 4. The third-order valence-corrected chi connectivity index (χ3v) is 4.12. The van der Waals surface area contributed by atoms with Crippen molar-refractivity contribution in [1.29, 1.82) is 0 Å². The van der Waals surface area contributed by atoms with Crippen LogP contribution in [-0.2, 0) is 13.5 Å². The van der Waals surface area contributed by atoms with Crippen LogP contribution in [0.2, 0.25) is 0 Å². The first-order valence-corrected chi connectivity index (χ1v) is 7.52. The van der Waals surface area contributed by atoms with Crippen LogP contribution in [0.5, 0.6) is 0 Å². The van der Waals surface area contributed by atoms with E-state index in [0.717, 1.165) is 44.8 Å². The molecule has 2 N–H and O–H groups in total. The lowest BCUT2D eigenvalue weighted by Gasteiger charge is -2.36. The summed E-state index contributed by atoms with van der Waals surface area (Å²) >= 11 is 0. The lowest BCUT2D eigenvalue weighted by molar-refractivity contribution is 0.261. The van der Waals surface area contributed by atoms with E-state index < -0.39 is 0 Å². The molecule has 0 unspecified atom stereocenters. The molecule has 2 heterocycles. The zero-order chi connectivity index (χ0) is 14.7. The molecule has 3 rings (SSSR count). The summed E-state index contributed by atoms with van der Waals surface area (Å²) in [6.07, 6.45) is 5.13. The predicted octanol–water partition coefficient (Wildman–Crippen LogP) is 1.37. The molecule has 0 bridgehead atoms. The standard InChI is InChI=1S/C16H23N5/c1-19-13-14(12-18-19)6-7-20-8-10-21(11-9-20)16-5-3-2-4-15(16)17/h2-5,12-13H,6-11,17H2,1H3. The Bertz CT molecular complexity index is 584. The maximum atomic E-state index is 6.06. The van der Waals surface area contributed by atoms with Gasteiger partial charge in [-0.2, -0.15) is 5.10 Å². The predicted molar refractivity (Wildman–Crippen MR) is 86.4 cm³/mol. The molecule has 0 saturated carbocycles. The average molecular weight is 285 g/mol. The fourth-order valence-corrected chi connectivity index (χ4v) is 2.88. The number of anilines is 2. The van der Waals surface area contributed by atoms with E-state index in [4.69, 9.17) is 5.73 Å². The lowest BCUT2D eigenvalue weighted by Crippen LogP contribution is -2.47. The molecule has 1 saturated heterocycles. The molecule has 5 heteroatoms. The van der Waals surface area contributed by atoms with Gasteiger partial charge in [0.15, 0.2) is 0 Å². The van der Waals surface area contributed by atoms with E-state index in [0.29, 0.717) is 0 Å². The summed E-state index contributed by atoms with van der Waals surface area (Å²) in [7, 11) is 1.96. The lowest BCUT2D eigenvalue weighted by atomic mass is 10.2. The maximum absolute atomic E-state index is 6.06. The number of para-hydroxylation sites is 2. The number of aryl methyl sites for hydroxylation is 1.